The molecule has 1 saturated carbocycles. The molecular weight excluding hydrogens is 713 g/mol. The molecule has 12 nitrogen and oxygen atoms in total. The number of rotatable bonds is 12. The summed E-state index contributed by atoms with van der Waals surface area (Å²) in [6, 6.07) is 9.17. The first kappa shape index (κ1) is 38.2. The summed E-state index contributed by atoms with van der Waals surface area (Å²) in [6.45, 7) is 0.750. The van der Waals surface area contributed by atoms with Crippen molar-refractivity contribution in [2.75, 3.05) is 13.2 Å². The summed E-state index contributed by atoms with van der Waals surface area (Å²) in [5.74, 6) is -0.937. The summed E-state index contributed by atoms with van der Waals surface area (Å²) in [5, 5.41) is 9.28. The highest BCUT2D eigenvalue weighted by molar-refractivity contribution is 6.34. The predicted octanol–water partition coefficient (Wildman–Crippen LogP) is 4.78. The lowest BCUT2D eigenvalue weighted by Gasteiger charge is -2.35. The number of amides is 2. The van der Waals surface area contributed by atoms with E-state index < -0.39 is 60.9 Å². The molecule has 6 N–H and O–H groups in total. The maximum atomic E-state index is 14.9. The van der Waals surface area contributed by atoms with Gasteiger partial charge >= 0.3 is 18.8 Å². The van der Waals surface area contributed by atoms with Gasteiger partial charge in [0, 0.05) is 17.8 Å². The van der Waals surface area contributed by atoms with E-state index in [0.29, 0.717) is 44.7 Å². The van der Waals surface area contributed by atoms with Crippen molar-refractivity contribution in [1.29, 1.82) is 0 Å². The molecule has 0 bridgehead atoms. The number of hydrogen-bond donors (Lipinski definition) is 3. The summed E-state index contributed by atoms with van der Waals surface area (Å²) in [4.78, 5) is 38.4. The second-order valence-corrected chi connectivity index (χ2v) is 14.2. The quantitative estimate of drug-likeness (QED) is 0.137. The van der Waals surface area contributed by atoms with Crippen LogP contribution in [0.1, 0.15) is 69.3 Å². The minimum atomic E-state index is -4.67. The summed E-state index contributed by atoms with van der Waals surface area (Å²) in [5.41, 5.74) is 12.4. The first-order valence-electron chi connectivity index (χ1n) is 16.1. The van der Waals surface area contributed by atoms with Crippen molar-refractivity contribution in [2.24, 2.45) is 26.9 Å². The Morgan fingerprint density at radius 1 is 1.17 bits per heavy atom. The molecule has 1 fully saturated rings. The van der Waals surface area contributed by atoms with Crippen molar-refractivity contribution >= 4 is 41.7 Å². The smallest absolute Gasteiger partial charge is 0.410 e. The highest BCUT2D eigenvalue weighted by atomic mass is 35.5. The van der Waals surface area contributed by atoms with Crippen molar-refractivity contribution in [3.8, 4) is 11.1 Å². The van der Waals surface area contributed by atoms with Crippen LogP contribution in [0, 0.1) is 5.41 Å². The van der Waals surface area contributed by atoms with Crippen LogP contribution in [0.5, 0.6) is 0 Å². The van der Waals surface area contributed by atoms with Crippen molar-refractivity contribution in [2.45, 2.75) is 70.4 Å². The lowest BCUT2D eigenvalue weighted by Crippen LogP contribution is -2.48. The highest BCUT2D eigenvalue weighted by Crippen LogP contribution is 2.45. The molecule has 1 aliphatic carbocycles. The van der Waals surface area contributed by atoms with E-state index in [-0.39, 0.29) is 28.8 Å². The number of alkyl halides is 5. The number of benzene rings is 2. The number of aromatic nitrogens is 2. The molecule has 0 spiro atoms. The molecule has 2 aliphatic rings. The van der Waals surface area contributed by atoms with Gasteiger partial charge < -0.3 is 16.2 Å². The third-order valence-electron chi connectivity index (χ3n) is 8.52. The molecule has 0 saturated heterocycles. The standard InChI is InChI=1S/C34H37ClF5N9O3/c1-32(2,3)16-33(22-7-4-19(5-8-22)21-13-45-48(14-21)29(36)37)28(50)49(30(43)46-33)26(20-6-11-25(35)24(12-20)27(42)44-18-41)15-52-31(51)47(23-9-10-23)17-34(38,39)40/h4-8,11-14,18,23,26,29H,9-10,15-17H2,1-3H3,(H2,43,46)(H3,41,42,44)/p+1/t26-,33-/m1/s1. The minimum absolute atomic E-state index is 0.0779. The largest absolute Gasteiger partial charge is 0.447 e. The van der Waals surface area contributed by atoms with Crippen LogP contribution in [0.3, 0.4) is 0 Å². The Balaban J connectivity index is 1.56. The molecule has 278 valence electrons. The van der Waals surface area contributed by atoms with E-state index >= 15 is 0 Å². The summed E-state index contributed by atoms with van der Waals surface area (Å²) in [7, 11) is 0. The molecule has 2 atom stereocenters. The van der Waals surface area contributed by atoms with Gasteiger partial charge in [-0.3, -0.25) is 20.0 Å². The van der Waals surface area contributed by atoms with Gasteiger partial charge in [-0.25, -0.2) is 14.5 Å². The fourth-order valence-corrected chi connectivity index (χ4v) is 6.39. The van der Waals surface area contributed by atoms with Crippen molar-refractivity contribution in [1.82, 2.24) is 19.6 Å². The van der Waals surface area contributed by atoms with Crippen LogP contribution in [-0.2, 0) is 15.1 Å². The van der Waals surface area contributed by atoms with Crippen LogP contribution >= 0.6 is 11.6 Å². The van der Waals surface area contributed by atoms with Crippen molar-refractivity contribution in [3.63, 3.8) is 0 Å². The second kappa shape index (κ2) is 14.5. The molecule has 5 rings (SSSR count). The van der Waals surface area contributed by atoms with Crippen LogP contribution in [-0.4, -0.2) is 75.1 Å². The molecular formula is C34H38ClF5N9O3+. The molecule has 1 aliphatic heterocycles. The third kappa shape index (κ3) is 8.35. The van der Waals surface area contributed by atoms with Crippen LogP contribution in [0.25, 0.3) is 11.1 Å². The van der Waals surface area contributed by atoms with Crippen molar-refractivity contribution in [3.05, 3.63) is 76.6 Å². The number of halogens is 6. The highest BCUT2D eigenvalue weighted by Gasteiger charge is 2.53. The second-order valence-electron chi connectivity index (χ2n) is 13.8. The van der Waals surface area contributed by atoms with Gasteiger partial charge in [-0.05, 0) is 58.5 Å². The average molecular weight is 751 g/mol. The zero-order chi connectivity index (χ0) is 38.2. The number of nitrogens with zero attached hydrogens (tertiary/aromatic N) is 6. The summed E-state index contributed by atoms with van der Waals surface area (Å²) >= 11 is 6.41. The first-order chi connectivity index (χ1) is 24.3. The molecule has 2 amide bonds. The maximum absolute atomic E-state index is 14.9. The lowest BCUT2D eigenvalue weighted by atomic mass is 9.75. The SMILES string of the molecule is CC(C)(C)C[C@]1(c2ccc(-c3cnn(C(F)F)c3)cc2)N=C(N)N([C@H](COC(=O)N(CC(F)(F)F)C2CC2)c2ccc(Cl)c(C(N)=NC=[NH2+])c2)C1=O. The van der Waals surface area contributed by atoms with E-state index in [1.165, 1.54) is 30.6 Å². The van der Waals surface area contributed by atoms with Crippen molar-refractivity contribution < 1.29 is 41.7 Å². The Labute approximate surface area is 300 Å². The molecule has 18 heteroatoms. The molecule has 52 heavy (non-hydrogen) atoms. The zero-order valence-electron chi connectivity index (χ0n) is 28.4. The van der Waals surface area contributed by atoms with E-state index in [1.54, 1.807) is 24.3 Å². The molecule has 3 aromatic rings. The zero-order valence-corrected chi connectivity index (χ0v) is 29.2. The van der Waals surface area contributed by atoms with Crippen LogP contribution in [0.4, 0.5) is 26.7 Å². The third-order valence-corrected chi connectivity index (χ3v) is 8.85. The number of aliphatic imine (C=N–C) groups is 2. The summed E-state index contributed by atoms with van der Waals surface area (Å²) < 4.78 is 72.6. The fraction of sp³-hybridized carbons (Fsp3) is 0.412. The van der Waals surface area contributed by atoms with E-state index in [9.17, 15) is 31.5 Å². The Hall–Kier alpha value is -5.06. The topological polar surface area (TPSA) is 170 Å². The number of carbonyl (C=O) groups is 2. The number of hydrogen-bond acceptors (Lipinski definition) is 6. The van der Waals surface area contributed by atoms with E-state index in [1.807, 2.05) is 20.8 Å². The van der Waals surface area contributed by atoms with E-state index in [4.69, 9.17) is 38.2 Å². The fourth-order valence-electron chi connectivity index (χ4n) is 6.18. The maximum Gasteiger partial charge on any atom is 0.410 e. The molecule has 2 heterocycles. The molecule has 1 aromatic heterocycles. The lowest BCUT2D eigenvalue weighted by molar-refractivity contribution is -0.144. The Morgan fingerprint density at radius 2 is 1.85 bits per heavy atom. The van der Waals surface area contributed by atoms with Gasteiger partial charge in [0.2, 0.25) is 5.84 Å². The van der Waals surface area contributed by atoms with E-state index in [2.05, 4.69) is 10.1 Å². The van der Waals surface area contributed by atoms with Crippen LogP contribution in [0.2, 0.25) is 5.02 Å². The average Bonchev–Trinajstić information content (AvgIpc) is 3.72. The Bertz CT molecular complexity index is 1890. The first-order valence-corrected chi connectivity index (χ1v) is 16.5. The van der Waals surface area contributed by atoms with Gasteiger partial charge in [-0.2, -0.15) is 27.1 Å². The van der Waals surface area contributed by atoms with E-state index in [0.717, 1.165) is 11.2 Å². The van der Waals surface area contributed by atoms with Crippen LogP contribution in [0.15, 0.2) is 64.8 Å². The van der Waals surface area contributed by atoms with Gasteiger partial charge in [0.15, 0.2) is 11.5 Å². The molecule has 2 aromatic carbocycles. The van der Waals surface area contributed by atoms with Gasteiger partial charge in [0.25, 0.3) is 12.2 Å². The number of guanidine groups is 1. The van der Waals surface area contributed by atoms with Gasteiger partial charge in [0.05, 0.1) is 22.8 Å². The normalized spacial score (nSPS) is 18.8. The number of ether oxygens (including phenoxy) is 1. The van der Waals surface area contributed by atoms with Gasteiger partial charge in [-0.1, -0.05) is 62.7 Å². The van der Waals surface area contributed by atoms with Gasteiger partial charge in [-0.15, -0.1) is 0 Å². The minimum Gasteiger partial charge on any atom is -0.447 e. The molecule has 0 radical (unpaired) electrons. The number of nitrogens with two attached hydrogens (primary N) is 3. The Morgan fingerprint density at radius 3 is 2.40 bits per heavy atom. The van der Waals surface area contributed by atoms with Gasteiger partial charge in [0.1, 0.15) is 13.2 Å². The van der Waals surface area contributed by atoms with Crippen LogP contribution < -0.4 is 16.9 Å². The molecule has 0 unspecified atom stereocenters. The number of carbonyl (C=O) groups excluding carboxylic acids is 2. The predicted molar refractivity (Wildman–Crippen MR) is 183 cm³/mol. The Kier molecular flexibility index (Phi) is 10.7. The summed E-state index contributed by atoms with van der Waals surface area (Å²) in [6.07, 6.45) is -1.53. The number of amidine groups is 1. The monoisotopic (exact) mass is 750 g/mol.